The van der Waals surface area contributed by atoms with Gasteiger partial charge in [0.25, 0.3) is 0 Å². The predicted octanol–water partition coefficient (Wildman–Crippen LogP) is 4.44. The minimum absolute atomic E-state index is 0.194. The number of aromatic nitrogens is 5. The number of rotatable bonds is 7. The molecule has 9 nitrogen and oxygen atoms in total. The van der Waals surface area contributed by atoms with E-state index >= 15 is 0 Å². The molecule has 34 heavy (non-hydrogen) atoms. The highest BCUT2D eigenvalue weighted by molar-refractivity contribution is 5.78. The maximum Gasteiger partial charge on any atom is 0.223 e. The Morgan fingerprint density at radius 3 is 2.44 bits per heavy atom. The quantitative estimate of drug-likeness (QED) is 0.371. The summed E-state index contributed by atoms with van der Waals surface area (Å²) in [7, 11) is 3.21. The Labute approximate surface area is 198 Å². The Morgan fingerprint density at radius 2 is 1.76 bits per heavy atom. The van der Waals surface area contributed by atoms with Gasteiger partial charge in [0.1, 0.15) is 11.6 Å². The Morgan fingerprint density at radius 1 is 1.00 bits per heavy atom. The second-order valence-electron chi connectivity index (χ2n) is 8.84. The van der Waals surface area contributed by atoms with Gasteiger partial charge in [-0.05, 0) is 29.8 Å². The lowest BCUT2D eigenvalue weighted by Crippen LogP contribution is -2.13. The van der Waals surface area contributed by atoms with Gasteiger partial charge in [-0.25, -0.2) is 19.9 Å². The van der Waals surface area contributed by atoms with E-state index in [1.54, 1.807) is 26.6 Å². The molecular formula is C25H29N7O2. The maximum absolute atomic E-state index is 5.92. The van der Waals surface area contributed by atoms with Crippen molar-refractivity contribution in [3.63, 3.8) is 0 Å². The average molecular weight is 460 g/mol. The second kappa shape index (κ2) is 9.38. The summed E-state index contributed by atoms with van der Waals surface area (Å²) in [6.07, 6.45) is 3.41. The van der Waals surface area contributed by atoms with Crippen molar-refractivity contribution in [2.75, 3.05) is 25.3 Å². The molecule has 176 valence electrons. The van der Waals surface area contributed by atoms with Gasteiger partial charge >= 0.3 is 0 Å². The highest BCUT2D eigenvalue weighted by Crippen LogP contribution is 2.35. The molecule has 0 aliphatic rings. The van der Waals surface area contributed by atoms with E-state index in [0.29, 0.717) is 29.8 Å². The molecule has 0 radical (unpaired) electrons. The van der Waals surface area contributed by atoms with Gasteiger partial charge in [-0.1, -0.05) is 32.9 Å². The van der Waals surface area contributed by atoms with E-state index in [0.717, 1.165) is 34.1 Å². The van der Waals surface area contributed by atoms with E-state index in [4.69, 9.17) is 25.2 Å². The van der Waals surface area contributed by atoms with Crippen LogP contribution >= 0.6 is 0 Å². The number of pyridine rings is 1. The molecule has 0 saturated heterocycles. The second-order valence-corrected chi connectivity index (χ2v) is 8.84. The van der Waals surface area contributed by atoms with Crippen LogP contribution in [0.2, 0.25) is 0 Å². The normalized spacial score (nSPS) is 11.3. The summed E-state index contributed by atoms with van der Waals surface area (Å²) < 4.78 is 10.6. The lowest BCUT2D eigenvalue weighted by Gasteiger charge is -2.14. The predicted molar refractivity (Wildman–Crippen MR) is 133 cm³/mol. The summed E-state index contributed by atoms with van der Waals surface area (Å²) >= 11 is 0. The lowest BCUT2D eigenvalue weighted by molar-refractivity contribution is 0.414. The number of nitrogens with two attached hydrogens (primary N) is 1. The van der Waals surface area contributed by atoms with Crippen LogP contribution in [-0.2, 0) is 12.0 Å². The van der Waals surface area contributed by atoms with Crippen LogP contribution in [0.5, 0.6) is 11.5 Å². The molecular weight excluding hydrogens is 430 g/mol. The van der Waals surface area contributed by atoms with Gasteiger partial charge in [0.05, 0.1) is 31.3 Å². The number of nitrogen functional groups attached to an aromatic ring is 1. The number of benzene rings is 1. The number of H-pyrrole nitrogens is 1. The number of nitrogens with one attached hydrogen (secondary N) is 2. The number of hydrogen-bond acceptors (Lipinski definition) is 8. The molecule has 0 unspecified atom stereocenters. The van der Waals surface area contributed by atoms with Crippen molar-refractivity contribution in [2.24, 2.45) is 0 Å². The van der Waals surface area contributed by atoms with Gasteiger partial charge in [-0.2, -0.15) is 0 Å². The van der Waals surface area contributed by atoms with Gasteiger partial charge < -0.3 is 25.5 Å². The summed E-state index contributed by atoms with van der Waals surface area (Å²) in [4.78, 5) is 21.7. The largest absolute Gasteiger partial charge is 0.497 e. The fraction of sp³-hybridized carbons (Fsp3) is 0.280. The zero-order valence-corrected chi connectivity index (χ0v) is 20.0. The summed E-state index contributed by atoms with van der Waals surface area (Å²) in [5, 5.41) is 3.28. The maximum atomic E-state index is 5.92. The first kappa shape index (κ1) is 23.0. The molecule has 0 atom stereocenters. The molecule has 4 aromatic rings. The monoisotopic (exact) mass is 459 g/mol. The Balaban J connectivity index is 1.68. The number of methoxy groups -OCH3 is 2. The summed E-state index contributed by atoms with van der Waals surface area (Å²) in [6.45, 7) is 6.88. The molecule has 0 amide bonds. The Hall–Kier alpha value is -4.14. The van der Waals surface area contributed by atoms with Crippen LogP contribution in [0.15, 0.2) is 48.8 Å². The minimum atomic E-state index is -0.194. The third-order valence-corrected chi connectivity index (χ3v) is 5.31. The Bertz CT molecular complexity index is 1280. The molecule has 0 aliphatic heterocycles. The first-order valence-electron chi connectivity index (χ1n) is 10.9. The first-order chi connectivity index (χ1) is 16.3. The van der Waals surface area contributed by atoms with Crippen molar-refractivity contribution >= 4 is 11.8 Å². The van der Waals surface area contributed by atoms with Crippen LogP contribution in [0.3, 0.4) is 0 Å². The van der Waals surface area contributed by atoms with E-state index in [-0.39, 0.29) is 5.41 Å². The van der Waals surface area contributed by atoms with Gasteiger partial charge in [-0.15, -0.1) is 0 Å². The van der Waals surface area contributed by atoms with E-state index < -0.39 is 0 Å². The fourth-order valence-electron chi connectivity index (χ4n) is 3.38. The van der Waals surface area contributed by atoms with Crippen LogP contribution in [0.25, 0.3) is 22.6 Å². The average Bonchev–Trinajstić information content (AvgIpc) is 3.30. The van der Waals surface area contributed by atoms with Gasteiger partial charge in [0.2, 0.25) is 5.95 Å². The van der Waals surface area contributed by atoms with Crippen LogP contribution in [-0.4, -0.2) is 39.1 Å². The topological polar surface area (TPSA) is 124 Å². The SMILES string of the molecule is COc1ccc(CNc2nccc(-c3[nH]c(C(C)(C)C)nc3-c3cnc(N)c(OC)c3)n2)cc1. The third kappa shape index (κ3) is 4.93. The summed E-state index contributed by atoms with van der Waals surface area (Å²) in [5.41, 5.74) is 9.79. The number of hydrogen-bond donors (Lipinski definition) is 3. The van der Waals surface area contributed by atoms with Crippen LogP contribution in [0, 0.1) is 0 Å². The molecule has 3 heterocycles. The molecule has 1 aromatic carbocycles. The number of ether oxygens (including phenoxy) is 2. The summed E-state index contributed by atoms with van der Waals surface area (Å²) in [5.74, 6) is 2.98. The molecule has 4 rings (SSSR count). The summed E-state index contributed by atoms with van der Waals surface area (Å²) in [6, 6.07) is 11.5. The molecule has 0 aliphatic carbocycles. The molecule has 0 bridgehead atoms. The van der Waals surface area contributed by atoms with Crippen LogP contribution < -0.4 is 20.5 Å². The smallest absolute Gasteiger partial charge is 0.223 e. The van der Waals surface area contributed by atoms with E-state index in [1.807, 2.05) is 36.4 Å². The number of nitrogens with zero attached hydrogens (tertiary/aromatic N) is 4. The van der Waals surface area contributed by atoms with Crippen molar-refractivity contribution in [3.8, 4) is 34.1 Å². The highest BCUT2D eigenvalue weighted by Gasteiger charge is 2.24. The molecule has 0 spiro atoms. The van der Waals surface area contributed by atoms with Gasteiger partial charge in [0, 0.05) is 29.9 Å². The van der Waals surface area contributed by atoms with Crippen molar-refractivity contribution in [3.05, 3.63) is 60.2 Å². The van der Waals surface area contributed by atoms with Crippen molar-refractivity contribution in [2.45, 2.75) is 32.7 Å². The van der Waals surface area contributed by atoms with Crippen molar-refractivity contribution < 1.29 is 9.47 Å². The molecule has 3 aromatic heterocycles. The molecule has 4 N–H and O–H groups in total. The van der Waals surface area contributed by atoms with Crippen molar-refractivity contribution in [1.82, 2.24) is 24.9 Å². The minimum Gasteiger partial charge on any atom is -0.497 e. The number of imidazole rings is 1. The van der Waals surface area contributed by atoms with Gasteiger partial charge in [-0.3, -0.25) is 0 Å². The Kier molecular flexibility index (Phi) is 6.36. The lowest BCUT2D eigenvalue weighted by atomic mass is 9.96. The molecule has 0 fully saturated rings. The third-order valence-electron chi connectivity index (χ3n) is 5.31. The van der Waals surface area contributed by atoms with E-state index in [1.165, 1.54) is 0 Å². The highest BCUT2D eigenvalue weighted by atomic mass is 16.5. The van der Waals surface area contributed by atoms with E-state index in [2.05, 4.69) is 41.0 Å². The van der Waals surface area contributed by atoms with Crippen LogP contribution in [0.4, 0.5) is 11.8 Å². The van der Waals surface area contributed by atoms with E-state index in [9.17, 15) is 0 Å². The standard InChI is InChI=1S/C25H29N7O2/c1-25(2,3)23-31-20(16-12-19(34-5)22(26)28-14-16)21(32-23)18-10-11-27-24(30-18)29-13-15-6-8-17(33-4)9-7-15/h6-12,14H,13H2,1-5H3,(H2,26,28)(H,31,32)(H,27,29,30). The number of aromatic amines is 1. The zero-order valence-electron chi connectivity index (χ0n) is 20.0. The van der Waals surface area contributed by atoms with Gasteiger partial charge in [0.15, 0.2) is 11.6 Å². The first-order valence-corrected chi connectivity index (χ1v) is 10.9. The van der Waals surface area contributed by atoms with Crippen molar-refractivity contribution in [1.29, 1.82) is 0 Å². The molecule has 0 saturated carbocycles. The fourth-order valence-corrected chi connectivity index (χ4v) is 3.38. The number of anilines is 2. The molecule has 9 heteroatoms. The zero-order chi connectivity index (χ0) is 24.3. The van der Waals surface area contributed by atoms with Crippen LogP contribution in [0.1, 0.15) is 32.2 Å².